The van der Waals surface area contributed by atoms with Crippen molar-refractivity contribution in [3.8, 4) is 5.75 Å². The molecular weight excluding hydrogens is 522 g/mol. The molecule has 176 valence electrons. The summed E-state index contributed by atoms with van der Waals surface area (Å²) in [6.45, 7) is 3.27. The quantitative estimate of drug-likeness (QED) is 0.239. The number of hydrogen-bond donors (Lipinski definition) is 1. The van der Waals surface area contributed by atoms with Crippen LogP contribution in [0.2, 0.25) is 5.02 Å². The predicted octanol–water partition coefficient (Wildman–Crippen LogP) is 5.21. The highest BCUT2D eigenvalue weighted by atomic mass is 79.9. The van der Waals surface area contributed by atoms with Crippen molar-refractivity contribution in [2.75, 3.05) is 13.2 Å². The molecular formula is C25H23BrClN3O4. The number of carbonyl (C=O) groups excluding carboxylic acids is 2. The molecule has 0 spiro atoms. The van der Waals surface area contributed by atoms with Crippen LogP contribution < -0.4 is 4.74 Å². The van der Waals surface area contributed by atoms with Crippen LogP contribution in [0.15, 0.2) is 71.2 Å². The summed E-state index contributed by atoms with van der Waals surface area (Å²) in [7, 11) is 0. The Balaban J connectivity index is 1.73. The van der Waals surface area contributed by atoms with Crippen LogP contribution in [-0.2, 0) is 16.1 Å². The van der Waals surface area contributed by atoms with Gasteiger partial charge in [0.2, 0.25) is 0 Å². The van der Waals surface area contributed by atoms with Gasteiger partial charge >= 0.3 is 0 Å². The van der Waals surface area contributed by atoms with Gasteiger partial charge in [0.25, 0.3) is 11.7 Å². The summed E-state index contributed by atoms with van der Waals surface area (Å²) >= 11 is 9.73. The van der Waals surface area contributed by atoms with Crippen LogP contribution >= 0.6 is 27.5 Å². The van der Waals surface area contributed by atoms with Crippen LogP contribution in [0, 0.1) is 0 Å². The fraction of sp³-hybridized carbons (Fsp3) is 0.240. The lowest BCUT2D eigenvalue weighted by atomic mass is 9.95. The molecule has 2 heterocycles. The fourth-order valence-corrected chi connectivity index (χ4v) is 4.52. The lowest BCUT2D eigenvalue weighted by Crippen LogP contribution is -2.31. The Kier molecular flexibility index (Phi) is 7.38. The highest BCUT2D eigenvalue weighted by Crippen LogP contribution is 2.40. The normalized spacial score (nSPS) is 17.4. The minimum atomic E-state index is -0.724. The first-order valence-electron chi connectivity index (χ1n) is 10.8. The van der Waals surface area contributed by atoms with Gasteiger partial charge in [-0.25, -0.2) is 4.98 Å². The largest absolute Gasteiger partial charge is 0.507 e. The zero-order chi connectivity index (χ0) is 24.2. The first-order chi connectivity index (χ1) is 16.4. The highest BCUT2D eigenvalue weighted by Gasteiger charge is 2.45. The van der Waals surface area contributed by atoms with E-state index < -0.39 is 17.7 Å². The maximum atomic E-state index is 13.1. The number of Topliss-reactive ketones (excluding diaryl/α,β-unsaturated/α-hetero) is 1. The molecule has 1 amide bonds. The van der Waals surface area contributed by atoms with E-state index in [-0.39, 0.29) is 11.3 Å². The minimum Gasteiger partial charge on any atom is -0.507 e. The number of ether oxygens (including phenoxy) is 1. The molecule has 1 fully saturated rings. The van der Waals surface area contributed by atoms with Crippen molar-refractivity contribution in [1.82, 2.24) is 14.5 Å². The Morgan fingerprint density at radius 2 is 1.94 bits per heavy atom. The van der Waals surface area contributed by atoms with E-state index in [1.54, 1.807) is 24.7 Å². The number of rotatable bonds is 8. The average molecular weight is 545 g/mol. The number of hydrogen-bond acceptors (Lipinski definition) is 5. The first-order valence-corrected chi connectivity index (χ1v) is 12.0. The number of aromatic nitrogens is 2. The van der Waals surface area contributed by atoms with Gasteiger partial charge in [-0.2, -0.15) is 0 Å². The number of aryl methyl sites for hydroxylation is 1. The Morgan fingerprint density at radius 1 is 1.18 bits per heavy atom. The van der Waals surface area contributed by atoms with Crippen LogP contribution in [-0.4, -0.2) is 44.4 Å². The third-order valence-corrected chi connectivity index (χ3v) is 6.43. The van der Waals surface area contributed by atoms with Crippen LogP contribution in [0.25, 0.3) is 5.76 Å². The van der Waals surface area contributed by atoms with Gasteiger partial charge in [0.1, 0.15) is 11.5 Å². The average Bonchev–Trinajstić information content (AvgIpc) is 3.43. The minimum absolute atomic E-state index is 0.0372. The maximum Gasteiger partial charge on any atom is 0.295 e. The molecule has 2 aromatic carbocycles. The van der Waals surface area contributed by atoms with Crippen LogP contribution in [0.5, 0.6) is 5.75 Å². The van der Waals surface area contributed by atoms with E-state index >= 15 is 0 Å². The number of likely N-dealkylation sites (tertiary alicyclic amines) is 1. The van der Waals surface area contributed by atoms with Gasteiger partial charge in [0.15, 0.2) is 0 Å². The van der Waals surface area contributed by atoms with Gasteiger partial charge < -0.3 is 19.3 Å². The Morgan fingerprint density at radius 3 is 2.59 bits per heavy atom. The molecule has 7 nitrogen and oxygen atoms in total. The number of imidazole rings is 1. The van der Waals surface area contributed by atoms with E-state index in [1.165, 1.54) is 11.0 Å². The van der Waals surface area contributed by atoms with Gasteiger partial charge in [-0.05, 0) is 49.2 Å². The molecule has 0 radical (unpaired) electrons. The Labute approximate surface area is 210 Å². The van der Waals surface area contributed by atoms with Crippen molar-refractivity contribution in [1.29, 1.82) is 0 Å². The third-order valence-electron chi connectivity index (χ3n) is 5.61. The highest BCUT2D eigenvalue weighted by molar-refractivity contribution is 9.10. The lowest BCUT2D eigenvalue weighted by molar-refractivity contribution is -0.139. The van der Waals surface area contributed by atoms with Crippen LogP contribution in [0.1, 0.15) is 30.5 Å². The van der Waals surface area contributed by atoms with E-state index in [0.29, 0.717) is 42.5 Å². The molecule has 0 saturated carbocycles. The zero-order valence-electron chi connectivity index (χ0n) is 18.4. The smallest absolute Gasteiger partial charge is 0.295 e. The molecule has 0 aliphatic carbocycles. The molecule has 1 aliphatic rings. The number of aliphatic hydroxyl groups is 1. The Bertz CT molecular complexity index is 1230. The van der Waals surface area contributed by atoms with E-state index in [9.17, 15) is 14.7 Å². The first kappa shape index (κ1) is 24.0. The summed E-state index contributed by atoms with van der Waals surface area (Å²) in [5, 5.41) is 11.5. The van der Waals surface area contributed by atoms with Crippen molar-refractivity contribution < 1.29 is 19.4 Å². The van der Waals surface area contributed by atoms with Crippen LogP contribution in [0.4, 0.5) is 0 Å². The summed E-state index contributed by atoms with van der Waals surface area (Å²) in [5.41, 5.74) is 1.10. The van der Waals surface area contributed by atoms with Gasteiger partial charge in [-0.15, -0.1) is 0 Å². The van der Waals surface area contributed by atoms with Crippen LogP contribution in [0.3, 0.4) is 0 Å². The number of benzene rings is 2. The fourth-order valence-electron chi connectivity index (χ4n) is 4.02. The molecule has 1 N–H and O–H groups in total. The third kappa shape index (κ3) is 4.88. The number of ketones is 1. The summed E-state index contributed by atoms with van der Waals surface area (Å²) in [5.74, 6) is -1.16. The van der Waals surface area contributed by atoms with E-state index in [0.717, 1.165) is 10.0 Å². The Hall–Kier alpha value is -3.10. The summed E-state index contributed by atoms with van der Waals surface area (Å²) in [6.07, 6.45) is 5.85. The number of nitrogens with zero attached hydrogens (tertiary/aromatic N) is 3. The van der Waals surface area contributed by atoms with E-state index in [1.807, 2.05) is 42.0 Å². The molecule has 34 heavy (non-hydrogen) atoms. The number of halogens is 2. The maximum absolute atomic E-state index is 13.1. The number of aliphatic hydroxyl groups excluding tert-OH is 1. The van der Waals surface area contributed by atoms with E-state index in [4.69, 9.17) is 16.3 Å². The topological polar surface area (TPSA) is 84.7 Å². The van der Waals surface area contributed by atoms with Gasteiger partial charge in [0, 0.05) is 35.5 Å². The molecule has 1 aromatic heterocycles. The molecule has 9 heteroatoms. The lowest BCUT2D eigenvalue weighted by Gasteiger charge is -2.25. The number of amides is 1. The van der Waals surface area contributed by atoms with Gasteiger partial charge in [-0.3, -0.25) is 9.59 Å². The van der Waals surface area contributed by atoms with Crippen molar-refractivity contribution in [3.05, 3.63) is 87.4 Å². The summed E-state index contributed by atoms with van der Waals surface area (Å²) in [6, 6.07) is 11.4. The second-order valence-corrected chi connectivity index (χ2v) is 9.10. The molecule has 1 aliphatic heterocycles. The SMILES string of the molecule is CCOc1ccc(/C(O)=C2\C(=O)C(=O)N(CCCn3ccnc3)[C@H]2c2ccc(Br)cc2)cc1Cl. The van der Waals surface area contributed by atoms with Crippen molar-refractivity contribution >= 4 is 45.0 Å². The molecule has 3 aromatic rings. The number of carbonyl (C=O) groups is 2. The second kappa shape index (κ2) is 10.4. The van der Waals surface area contributed by atoms with Crippen molar-refractivity contribution in [2.45, 2.75) is 25.9 Å². The summed E-state index contributed by atoms with van der Waals surface area (Å²) in [4.78, 5) is 31.7. The monoisotopic (exact) mass is 543 g/mol. The molecule has 4 rings (SSSR count). The van der Waals surface area contributed by atoms with Crippen molar-refractivity contribution in [3.63, 3.8) is 0 Å². The van der Waals surface area contributed by atoms with Gasteiger partial charge in [0.05, 0.1) is 29.6 Å². The molecule has 0 unspecified atom stereocenters. The molecule has 0 bridgehead atoms. The predicted molar refractivity (Wildman–Crippen MR) is 133 cm³/mol. The molecule has 1 atom stereocenters. The van der Waals surface area contributed by atoms with Crippen molar-refractivity contribution in [2.24, 2.45) is 0 Å². The zero-order valence-corrected chi connectivity index (χ0v) is 20.8. The standard InChI is InChI=1S/C25H23BrClN3O4/c1-2-34-20-9-6-17(14-19(20)27)23(31)21-22(16-4-7-18(26)8-5-16)30(25(33)24(21)32)12-3-11-29-13-10-28-15-29/h4-10,13-15,22,31H,2-3,11-12H2,1H3/b23-21+/t22-/m0/s1. The molecule has 1 saturated heterocycles. The van der Waals surface area contributed by atoms with E-state index in [2.05, 4.69) is 20.9 Å². The summed E-state index contributed by atoms with van der Waals surface area (Å²) < 4.78 is 8.24. The van der Waals surface area contributed by atoms with Gasteiger partial charge in [-0.1, -0.05) is 39.7 Å². The second-order valence-electron chi connectivity index (χ2n) is 7.78.